The van der Waals surface area contributed by atoms with Crippen molar-refractivity contribution in [3.05, 3.63) is 70.0 Å². The molecule has 1 amide bonds. The molecule has 38 heavy (non-hydrogen) atoms. The third-order valence-corrected chi connectivity index (χ3v) is 8.28. The summed E-state index contributed by atoms with van der Waals surface area (Å²) in [6, 6.07) is 10.0. The first-order valence-corrected chi connectivity index (χ1v) is 12.5. The van der Waals surface area contributed by atoms with Crippen LogP contribution in [0.2, 0.25) is 0 Å². The molecule has 4 atom stereocenters. The molecule has 0 unspecified atom stereocenters. The van der Waals surface area contributed by atoms with Gasteiger partial charge in [-0.1, -0.05) is 37.3 Å². The number of aliphatic hydroxyl groups is 3. The SMILES string of the molecule is CCc1ccc(-c2ccc(O)c3c2C[C@H]2C[C@H]4[C@H](N(C)C)C(=O)C(C(N)=O)=C(O)[C@@]4(O)C(=O)C2=C3O)cc1. The van der Waals surface area contributed by atoms with Gasteiger partial charge in [-0.3, -0.25) is 19.3 Å². The lowest BCUT2D eigenvalue weighted by molar-refractivity contribution is -0.153. The van der Waals surface area contributed by atoms with E-state index in [2.05, 4.69) is 6.92 Å². The van der Waals surface area contributed by atoms with Crippen LogP contribution in [-0.4, -0.2) is 68.5 Å². The van der Waals surface area contributed by atoms with Crippen molar-refractivity contribution in [1.82, 2.24) is 4.90 Å². The number of primary amides is 1. The summed E-state index contributed by atoms with van der Waals surface area (Å²) in [4.78, 5) is 40.7. The molecule has 5 rings (SSSR count). The van der Waals surface area contributed by atoms with E-state index >= 15 is 0 Å². The van der Waals surface area contributed by atoms with Crippen LogP contribution in [0.4, 0.5) is 0 Å². The smallest absolute Gasteiger partial charge is 0.255 e. The molecule has 0 heterocycles. The van der Waals surface area contributed by atoms with Crippen molar-refractivity contribution in [1.29, 1.82) is 0 Å². The second-order valence-electron chi connectivity index (χ2n) is 10.5. The van der Waals surface area contributed by atoms with Crippen molar-refractivity contribution >= 4 is 23.2 Å². The number of aromatic hydroxyl groups is 1. The minimum absolute atomic E-state index is 0.0512. The average Bonchev–Trinajstić information content (AvgIpc) is 2.86. The van der Waals surface area contributed by atoms with Gasteiger partial charge in [0.1, 0.15) is 22.8 Å². The Labute approximate surface area is 219 Å². The van der Waals surface area contributed by atoms with Gasteiger partial charge in [0.2, 0.25) is 5.78 Å². The topological polar surface area (TPSA) is 161 Å². The van der Waals surface area contributed by atoms with Crippen LogP contribution in [0.5, 0.6) is 5.75 Å². The number of likely N-dealkylation sites (N-methyl/N-ethyl adjacent to an activating group) is 1. The number of Topliss-reactive ketones (excluding diaryl/α,β-unsaturated/α-hetero) is 2. The molecule has 0 spiro atoms. The molecule has 1 fully saturated rings. The second-order valence-corrected chi connectivity index (χ2v) is 10.5. The van der Waals surface area contributed by atoms with E-state index in [1.165, 1.54) is 11.0 Å². The maximum atomic E-state index is 13.9. The molecule has 0 aromatic heterocycles. The van der Waals surface area contributed by atoms with Crippen LogP contribution in [0.3, 0.4) is 0 Å². The summed E-state index contributed by atoms with van der Waals surface area (Å²) in [5.74, 6) is -6.60. The summed E-state index contributed by atoms with van der Waals surface area (Å²) >= 11 is 0. The zero-order valence-electron chi connectivity index (χ0n) is 21.4. The van der Waals surface area contributed by atoms with Gasteiger partial charge in [0.05, 0.1) is 11.6 Å². The van der Waals surface area contributed by atoms with E-state index in [0.29, 0.717) is 5.56 Å². The lowest BCUT2D eigenvalue weighted by Crippen LogP contribution is -2.65. The number of benzene rings is 2. The summed E-state index contributed by atoms with van der Waals surface area (Å²) in [6.07, 6.45) is 1.17. The number of aryl methyl sites for hydroxylation is 1. The number of carbonyl (C=O) groups excluding carboxylic acids is 3. The van der Waals surface area contributed by atoms with Gasteiger partial charge in [0.15, 0.2) is 11.4 Å². The lowest BCUT2D eigenvalue weighted by Gasteiger charge is -2.50. The normalized spacial score (nSPS) is 26.8. The molecule has 9 nitrogen and oxygen atoms in total. The van der Waals surface area contributed by atoms with E-state index in [0.717, 1.165) is 23.1 Å². The Balaban J connectivity index is 1.72. The van der Waals surface area contributed by atoms with Crippen molar-refractivity contribution in [2.75, 3.05) is 14.1 Å². The number of fused-ring (bicyclic) bond motifs is 3. The molecular formula is C29H30N2O7. The molecule has 198 valence electrons. The quantitative estimate of drug-likeness (QED) is 0.385. The number of hydrogen-bond donors (Lipinski definition) is 5. The van der Waals surface area contributed by atoms with Gasteiger partial charge in [0.25, 0.3) is 5.91 Å². The highest BCUT2D eigenvalue weighted by Gasteiger charge is 2.64. The maximum Gasteiger partial charge on any atom is 0.255 e. The number of carbonyl (C=O) groups is 3. The predicted molar refractivity (Wildman–Crippen MR) is 139 cm³/mol. The van der Waals surface area contributed by atoms with Gasteiger partial charge in [-0.05, 0) is 67.6 Å². The number of rotatable bonds is 4. The van der Waals surface area contributed by atoms with Gasteiger partial charge < -0.3 is 26.2 Å². The van der Waals surface area contributed by atoms with Crippen LogP contribution in [0.1, 0.15) is 30.0 Å². The number of aliphatic hydroxyl groups excluding tert-OH is 2. The van der Waals surface area contributed by atoms with E-state index in [-0.39, 0.29) is 29.7 Å². The number of ketones is 2. The molecule has 0 aliphatic heterocycles. The number of hydrogen-bond acceptors (Lipinski definition) is 8. The lowest BCUT2D eigenvalue weighted by atomic mass is 9.57. The Morgan fingerprint density at radius 2 is 1.74 bits per heavy atom. The zero-order chi connectivity index (χ0) is 27.7. The van der Waals surface area contributed by atoms with Crippen molar-refractivity contribution in [2.45, 2.75) is 37.8 Å². The fraction of sp³-hybridized carbons (Fsp3) is 0.345. The van der Waals surface area contributed by atoms with Crippen LogP contribution in [0.15, 0.2) is 53.3 Å². The number of phenolic OH excluding ortho intramolecular Hbond substituents is 1. The Morgan fingerprint density at radius 3 is 2.32 bits per heavy atom. The molecule has 2 aromatic rings. The number of nitrogens with zero attached hydrogens (tertiary/aromatic N) is 1. The first-order valence-electron chi connectivity index (χ1n) is 12.5. The van der Waals surface area contributed by atoms with Gasteiger partial charge in [-0.25, -0.2) is 0 Å². The van der Waals surface area contributed by atoms with E-state index in [4.69, 9.17) is 5.73 Å². The van der Waals surface area contributed by atoms with Crippen molar-refractivity contribution in [3.63, 3.8) is 0 Å². The summed E-state index contributed by atoms with van der Waals surface area (Å²) in [5, 5.41) is 44.7. The zero-order valence-corrected chi connectivity index (χ0v) is 21.4. The standard InChI is InChI=1S/C29H30N2O7/c1-4-13-5-7-14(8-6-13)16-9-10-19(32)21-17(16)11-15-12-18-23(31(2)3)25(34)22(28(30)37)27(36)29(18,38)26(35)20(15)24(21)33/h5-10,15,18,23,32-33,36,38H,4,11-12H2,1-3H3,(H2,30,37)/t15-,18-,23-,29-/m0/s1. The van der Waals surface area contributed by atoms with E-state index in [9.17, 15) is 34.8 Å². The largest absolute Gasteiger partial charge is 0.508 e. The van der Waals surface area contributed by atoms with Crippen molar-refractivity contribution < 1.29 is 34.8 Å². The van der Waals surface area contributed by atoms with Gasteiger partial charge in [0, 0.05) is 11.5 Å². The predicted octanol–water partition coefficient (Wildman–Crippen LogP) is 2.19. The number of phenols is 1. The summed E-state index contributed by atoms with van der Waals surface area (Å²) in [5.41, 5.74) is 5.25. The second kappa shape index (κ2) is 8.82. The molecule has 2 aromatic carbocycles. The van der Waals surface area contributed by atoms with Gasteiger partial charge in [-0.15, -0.1) is 0 Å². The molecular weight excluding hydrogens is 488 g/mol. The van der Waals surface area contributed by atoms with Gasteiger partial charge in [-0.2, -0.15) is 0 Å². The molecule has 0 saturated heterocycles. The summed E-state index contributed by atoms with van der Waals surface area (Å²) in [6.45, 7) is 2.05. The monoisotopic (exact) mass is 518 g/mol. The minimum atomic E-state index is -2.65. The van der Waals surface area contributed by atoms with Crippen LogP contribution in [0.25, 0.3) is 16.9 Å². The molecule has 9 heteroatoms. The van der Waals surface area contributed by atoms with Crippen LogP contribution < -0.4 is 5.73 Å². The molecule has 0 radical (unpaired) electrons. The van der Waals surface area contributed by atoms with Crippen molar-refractivity contribution in [2.24, 2.45) is 17.6 Å². The first kappa shape index (κ1) is 25.7. The van der Waals surface area contributed by atoms with E-state index < -0.39 is 58.0 Å². The summed E-state index contributed by atoms with van der Waals surface area (Å²) in [7, 11) is 3.15. The molecule has 1 saturated carbocycles. The number of amides is 1. The fourth-order valence-corrected chi connectivity index (χ4v) is 6.43. The third-order valence-electron chi connectivity index (χ3n) is 8.28. The van der Waals surface area contributed by atoms with Crippen LogP contribution in [0, 0.1) is 11.8 Å². The maximum absolute atomic E-state index is 13.9. The number of nitrogens with two attached hydrogens (primary N) is 1. The highest BCUT2D eigenvalue weighted by Crippen LogP contribution is 2.53. The Bertz CT molecular complexity index is 1450. The van der Waals surface area contributed by atoms with Crippen LogP contribution >= 0.6 is 0 Å². The van der Waals surface area contributed by atoms with Gasteiger partial charge >= 0.3 is 0 Å². The first-order chi connectivity index (χ1) is 17.9. The molecule has 0 bridgehead atoms. The van der Waals surface area contributed by atoms with Crippen molar-refractivity contribution in [3.8, 4) is 16.9 Å². The molecule has 3 aliphatic carbocycles. The highest BCUT2D eigenvalue weighted by atomic mass is 16.3. The third kappa shape index (κ3) is 3.42. The molecule has 6 N–H and O–H groups in total. The Morgan fingerprint density at radius 1 is 1.08 bits per heavy atom. The minimum Gasteiger partial charge on any atom is -0.508 e. The van der Waals surface area contributed by atoms with E-state index in [1.807, 2.05) is 24.3 Å². The highest BCUT2D eigenvalue weighted by molar-refractivity contribution is 6.24. The Hall–Kier alpha value is -3.95. The Kier molecular flexibility index (Phi) is 5.96. The van der Waals surface area contributed by atoms with E-state index in [1.54, 1.807) is 20.2 Å². The fourth-order valence-electron chi connectivity index (χ4n) is 6.43. The molecule has 3 aliphatic rings. The average molecular weight is 519 g/mol. The van der Waals surface area contributed by atoms with Crippen LogP contribution in [-0.2, 0) is 27.2 Å². The summed E-state index contributed by atoms with van der Waals surface area (Å²) < 4.78 is 0.